The first-order valence-electron chi connectivity index (χ1n) is 5.67. The molecule has 6 unspecified atom stereocenters. The van der Waals surface area contributed by atoms with Crippen LogP contribution in [0.15, 0.2) is 0 Å². The van der Waals surface area contributed by atoms with Crippen molar-refractivity contribution in [3.8, 4) is 0 Å². The first-order chi connectivity index (χ1) is 10.5. The standard InChI is InChI=1S/C6H15O15P3.6Na/c7-1-2(8)5(20-23(13,14)15)6(21-24(16,17)18)3(9)4(1)19-22(10,11)12;;;;;;/h1-9H,(H2,10,11,12)(H2,13,14,15)(H2,16,17,18);;;;;;/q;6*+1/p-6. The van der Waals surface area contributed by atoms with Crippen molar-refractivity contribution >= 4 is 23.5 Å². The predicted octanol–water partition coefficient (Wildman–Crippen LogP) is -25.3. The molecule has 1 aliphatic carbocycles. The van der Waals surface area contributed by atoms with Gasteiger partial charge < -0.3 is 71.9 Å². The van der Waals surface area contributed by atoms with Crippen LogP contribution in [-0.4, -0.2) is 51.9 Å². The Morgan fingerprint density at radius 1 is 0.467 bits per heavy atom. The molecule has 15 nitrogen and oxygen atoms in total. The fourth-order valence-electron chi connectivity index (χ4n) is 1.98. The molecule has 0 spiro atoms. The van der Waals surface area contributed by atoms with Crippen LogP contribution in [-0.2, 0) is 27.3 Å². The zero-order valence-electron chi connectivity index (χ0n) is 17.0. The molecule has 144 valence electrons. The molecular formula is C6H9Na6O15P3. The number of hydrogen-bond donors (Lipinski definition) is 3. The molecule has 24 heteroatoms. The van der Waals surface area contributed by atoms with Gasteiger partial charge in [0.15, 0.2) is 0 Å². The largest absolute Gasteiger partial charge is 1.00 e. The monoisotopic (exact) mass is 552 g/mol. The van der Waals surface area contributed by atoms with Crippen LogP contribution >= 0.6 is 23.5 Å². The van der Waals surface area contributed by atoms with E-state index in [4.69, 9.17) is 0 Å². The summed E-state index contributed by atoms with van der Waals surface area (Å²) in [5, 5.41) is 28.9. The summed E-state index contributed by atoms with van der Waals surface area (Å²) in [4.78, 5) is 63.6. The van der Waals surface area contributed by atoms with E-state index in [1.165, 1.54) is 0 Å². The summed E-state index contributed by atoms with van der Waals surface area (Å²) in [6, 6.07) is 0. The van der Waals surface area contributed by atoms with Crippen molar-refractivity contribution in [3.63, 3.8) is 0 Å². The minimum absolute atomic E-state index is 0. The summed E-state index contributed by atoms with van der Waals surface area (Å²) in [5.41, 5.74) is 0. The van der Waals surface area contributed by atoms with E-state index in [2.05, 4.69) is 13.6 Å². The van der Waals surface area contributed by atoms with Gasteiger partial charge in [-0.3, -0.25) is 0 Å². The normalized spacial score (nSPS) is 28.7. The molecule has 1 saturated carbocycles. The second-order valence-corrected chi connectivity index (χ2v) is 7.84. The Labute approximate surface area is 303 Å². The van der Waals surface area contributed by atoms with E-state index in [0.29, 0.717) is 0 Å². The Kier molecular flexibility index (Phi) is 33.1. The maximum atomic E-state index is 10.6. The predicted molar refractivity (Wildman–Crippen MR) is 55.5 cm³/mol. The molecule has 0 radical (unpaired) electrons. The average Bonchev–Trinajstić information content (AvgIpc) is 2.32. The minimum Gasteiger partial charge on any atom is -0.790 e. The molecular weight excluding hydrogens is 543 g/mol. The third kappa shape index (κ3) is 18.5. The number of rotatable bonds is 6. The first-order valence-corrected chi connectivity index (χ1v) is 10.1. The van der Waals surface area contributed by atoms with Gasteiger partial charge in [0.05, 0.1) is 23.5 Å². The van der Waals surface area contributed by atoms with E-state index in [9.17, 15) is 58.4 Å². The van der Waals surface area contributed by atoms with Gasteiger partial charge in [-0.25, -0.2) is 0 Å². The van der Waals surface area contributed by atoms with Crippen molar-refractivity contribution in [3.05, 3.63) is 0 Å². The number of aliphatic hydroxyl groups is 3. The van der Waals surface area contributed by atoms with Crippen LogP contribution in [0, 0.1) is 0 Å². The summed E-state index contributed by atoms with van der Waals surface area (Å²) in [5.74, 6) is 0. The topological polar surface area (TPSA) is 278 Å². The molecule has 1 rings (SSSR count). The van der Waals surface area contributed by atoms with Crippen molar-refractivity contribution in [2.75, 3.05) is 0 Å². The average molecular weight is 552 g/mol. The minimum atomic E-state index is -6.01. The van der Waals surface area contributed by atoms with Crippen molar-refractivity contribution in [2.45, 2.75) is 36.6 Å². The summed E-state index contributed by atoms with van der Waals surface area (Å²) in [6.07, 6.45) is -15.7. The van der Waals surface area contributed by atoms with Gasteiger partial charge in [-0.2, -0.15) is 0 Å². The van der Waals surface area contributed by atoms with Crippen LogP contribution < -0.4 is 207 Å². The maximum Gasteiger partial charge on any atom is 1.00 e. The van der Waals surface area contributed by atoms with Crippen molar-refractivity contribution in [2.24, 2.45) is 0 Å². The molecule has 0 amide bonds. The second-order valence-electron chi connectivity index (χ2n) is 4.52. The van der Waals surface area contributed by atoms with Crippen LogP contribution in [0.25, 0.3) is 0 Å². The van der Waals surface area contributed by atoms with Gasteiger partial charge in [-0.15, -0.1) is 0 Å². The van der Waals surface area contributed by atoms with Crippen LogP contribution in [0.5, 0.6) is 0 Å². The first kappa shape index (κ1) is 49.2. The molecule has 1 aliphatic rings. The zero-order valence-corrected chi connectivity index (χ0v) is 31.7. The van der Waals surface area contributed by atoms with Gasteiger partial charge in [-0.1, -0.05) is 0 Å². The molecule has 0 aromatic rings. The summed E-state index contributed by atoms with van der Waals surface area (Å²) < 4.78 is 43.0. The van der Waals surface area contributed by atoms with Gasteiger partial charge in [0.1, 0.15) is 36.6 Å². The molecule has 0 bridgehead atoms. The van der Waals surface area contributed by atoms with E-state index in [1.807, 2.05) is 0 Å². The van der Waals surface area contributed by atoms with E-state index < -0.39 is 60.1 Å². The van der Waals surface area contributed by atoms with Crippen LogP contribution in [0.1, 0.15) is 0 Å². The number of phosphoric acid groups is 3. The maximum absolute atomic E-state index is 10.6. The Bertz CT molecular complexity index is 595. The van der Waals surface area contributed by atoms with Gasteiger partial charge in [0, 0.05) is 0 Å². The molecule has 0 aromatic heterocycles. The van der Waals surface area contributed by atoms with Crippen LogP contribution in [0.4, 0.5) is 0 Å². The Hall–Kier alpha value is 6.21. The molecule has 0 saturated heterocycles. The van der Waals surface area contributed by atoms with E-state index in [0.717, 1.165) is 0 Å². The van der Waals surface area contributed by atoms with Crippen LogP contribution in [0.3, 0.4) is 0 Å². The van der Waals surface area contributed by atoms with Gasteiger partial charge in [-0.05, 0) is 0 Å². The van der Waals surface area contributed by atoms with Crippen molar-refractivity contribution < 1.29 is 249 Å². The quantitative estimate of drug-likeness (QED) is 0.204. The molecule has 0 heterocycles. The fraction of sp³-hybridized carbons (Fsp3) is 1.00. The Balaban J connectivity index is -0.000000240. The fourth-order valence-corrected chi connectivity index (χ4v) is 3.62. The molecule has 0 aliphatic heterocycles. The molecule has 0 aromatic carbocycles. The van der Waals surface area contributed by atoms with Crippen molar-refractivity contribution in [1.29, 1.82) is 0 Å². The second kappa shape index (κ2) is 20.2. The number of aliphatic hydroxyl groups excluding tert-OH is 3. The smallest absolute Gasteiger partial charge is 0.790 e. The third-order valence-corrected chi connectivity index (χ3v) is 4.28. The summed E-state index contributed by atoms with van der Waals surface area (Å²) in [7, 11) is -17.9. The summed E-state index contributed by atoms with van der Waals surface area (Å²) >= 11 is 0. The molecule has 30 heavy (non-hydrogen) atoms. The van der Waals surface area contributed by atoms with Gasteiger partial charge in [0.25, 0.3) is 0 Å². The molecule has 6 atom stereocenters. The van der Waals surface area contributed by atoms with E-state index in [1.54, 1.807) is 0 Å². The summed E-state index contributed by atoms with van der Waals surface area (Å²) in [6.45, 7) is 0. The van der Waals surface area contributed by atoms with Gasteiger partial charge >= 0.3 is 177 Å². The number of hydrogen-bond acceptors (Lipinski definition) is 15. The van der Waals surface area contributed by atoms with Crippen molar-refractivity contribution in [1.82, 2.24) is 0 Å². The Morgan fingerprint density at radius 3 is 0.933 bits per heavy atom. The zero-order chi connectivity index (χ0) is 19.1. The molecule has 1 fully saturated rings. The van der Waals surface area contributed by atoms with E-state index >= 15 is 0 Å². The third-order valence-electron chi connectivity index (χ3n) is 2.77. The van der Waals surface area contributed by atoms with E-state index in [-0.39, 0.29) is 177 Å². The SMILES string of the molecule is O=P([O-])([O-])OC1C(O)C(O)C(OP(=O)([O-])[O-])C(OP(=O)([O-])[O-])C1O.[Na+].[Na+].[Na+].[Na+].[Na+].[Na+]. The van der Waals surface area contributed by atoms with Gasteiger partial charge in [0.2, 0.25) is 0 Å². The number of phosphoric ester groups is 3. The van der Waals surface area contributed by atoms with Crippen LogP contribution in [0.2, 0.25) is 0 Å². The molecule has 3 N–H and O–H groups in total. The Morgan fingerprint density at radius 2 is 0.667 bits per heavy atom.